The Hall–Kier alpha value is -1.52. The maximum Gasteiger partial charge on any atom is 0.202 e. The molecule has 0 N–H and O–H groups in total. The number of hydrogen-bond acceptors (Lipinski definition) is 4. The normalized spacial score (nSPS) is 15.6. The van der Waals surface area contributed by atoms with Gasteiger partial charge in [0.1, 0.15) is 0 Å². The van der Waals surface area contributed by atoms with Crippen LogP contribution in [0.2, 0.25) is 0 Å². The standard InChI is InChI=1S/C21H21N2O2.Y/c1-13(2)24-16-10-8-15(9-11-16)21-22-20(23-25-21)19-6-4-5-17-14(3)7-12-18(17)19;/h4-6,8-10,13-14H,7,12H2,1-3H3;/q-1;/t14-;/m1./s1. The van der Waals surface area contributed by atoms with Crippen LogP contribution in [0, 0.1) is 6.07 Å². The van der Waals surface area contributed by atoms with E-state index in [2.05, 4.69) is 41.3 Å². The molecule has 0 saturated heterocycles. The second-order valence-electron chi connectivity index (χ2n) is 6.84. The Balaban J connectivity index is 0.00000196. The summed E-state index contributed by atoms with van der Waals surface area (Å²) in [6.07, 6.45) is 2.38. The van der Waals surface area contributed by atoms with Crippen LogP contribution in [0.1, 0.15) is 44.2 Å². The fourth-order valence-electron chi connectivity index (χ4n) is 3.39. The number of ether oxygens (including phenoxy) is 1. The average Bonchev–Trinajstić information content (AvgIpc) is 3.23. The fourth-order valence-corrected chi connectivity index (χ4v) is 3.39. The van der Waals surface area contributed by atoms with Gasteiger partial charge in [-0.25, -0.2) is 0 Å². The van der Waals surface area contributed by atoms with E-state index < -0.39 is 0 Å². The first-order valence-electron chi connectivity index (χ1n) is 8.76. The van der Waals surface area contributed by atoms with Gasteiger partial charge in [0.2, 0.25) is 11.7 Å². The Labute approximate surface area is 179 Å². The third-order valence-corrected chi connectivity index (χ3v) is 4.63. The molecule has 1 atom stereocenters. The van der Waals surface area contributed by atoms with Crippen molar-refractivity contribution in [3.8, 4) is 28.6 Å². The third-order valence-electron chi connectivity index (χ3n) is 4.63. The minimum absolute atomic E-state index is 0. The summed E-state index contributed by atoms with van der Waals surface area (Å²) in [5, 5.41) is 4.20. The van der Waals surface area contributed by atoms with Gasteiger partial charge >= 0.3 is 0 Å². The molecular formula is C21H21N2O2Y-. The van der Waals surface area contributed by atoms with Crippen LogP contribution in [0.3, 0.4) is 0 Å². The van der Waals surface area contributed by atoms with Gasteiger partial charge in [-0.15, -0.1) is 12.1 Å². The number of rotatable bonds is 4. The maximum atomic E-state index is 5.62. The molecule has 1 aliphatic rings. The van der Waals surface area contributed by atoms with Crippen LogP contribution in [-0.4, -0.2) is 16.2 Å². The molecular weight excluding hydrogens is 401 g/mol. The topological polar surface area (TPSA) is 48.2 Å². The summed E-state index contributed by atoms with van der Waals surface area (Å²) < 4.78 is 11.1. The largest absolute Gasteiger partial charge is 0.517 e. The van der Waals surface area contributed by atoms with Gasteiger partial charge in [-0.05, 0) is 43.7 Å². The second kappa shape index (κ2) is 8.02. The van der Waals surface area contributed by atoms with Crippen molar-refractivity contribution in [3.63, 3.8) is 0 Å². The van der Waals surface area contributed by atoms with Gasteiger partial charge in [0, 0.05) is 44.0 Å². The number of nitrogens with zero attached hydrogens (tertiary/aromatic N) is 2. The summed E-state index contributed by atoms with van der Waals surface area (Å²) in [5.41, 5.74) is 4.69. The quantitative estimate of drug-likeness (QED) is 0.553. The van der Waals surface area contributed by atoms with Gasteiger partial charge < -0.3 is 9.26 Å². The minimum atomic E-state index is 0. The molecule has 4 rings (SSSR count). The molecule has 0 amide bonds. The van der Waals surface area contributed by atoms with Crippen LogP contribution in [0.15, 0.2) is 40.9 Å². The zero-order valence-corrected chi connectivity index (χ0v) is 18.2. The number of hydrogen-bond donors (Lipinski definition) is 0. The zero-order valence-electron chi connectivity index (χ0n) is 15.3. The van der Waals surface area contributed by atoms with E-state index in [0.717, 1.165) is 17.5 Å². The van der Waals surface area contributed by atoms with Crippen LogP contribution in [0.4, 0.5) is 0 Å². The third kappa shape index (κ3) is 3.77. The molecule has 131 valence electrons. The molecule has 2 aromatic carbocycles. The van der Waals surface area contributed by atoms with Crippen molar-refractivity contribution in [1.82, 2.24) is 10.1 Å². The van der Waals surface area contributed by atoms with Gasteiger partial charge in [-0.1, -0.05) is 35.8 Å². The summed E-state index contributed by atoms with van der Waals surface area (Å²) in [4.78, 5) is 4.61. The minimum Gasteiger partial charge on any atom is -0.517 e. The maximum absolute atomic E-state index is 5.62. The average molecular weight is 422 g/mol. The number of fused-ring (bicyclic) bond motifs is 1. The summed E-state index contributed by atoms with van der Waals surface area (Å²) in [5.74, 6) is 2.48. The molecule has 0 fully saturated rings. The van der Waals surface area contributed by atoms with E-state index in [1.54, 1.807) is 0 Å². The van der Waals surface area contributed by atoms with E-state index in [1.165, 1.54) is 17.5 Å². The molecule has 1 aromatic heterocycles. The summed E-state index contributed by atoms with van der Waals surface area (Å²) in [6, 6.07) is 15.1. The Bertz CT molecular complexity index is 887. The first-order chi connectivity index (χ1) is 12.1. The Kier molecular flexibility index (Phi) is 5.94. The van der Waals surface area contributed by atoms with Gasteiger partial charge in [-0.3, -0.25) is 0 Å². The molecule has 1 aliphatic carbocycles. The molecule has 0 spiro atoms. The first-order valence-corrected chi connectivity index (χ1v) is 8.76. The van der Waals surface area contributed by atoms with E-state index in [0.29, 0.717) is 23.4 Å². The van der Waals surface area contributed by atoms with Crippen LogP contribution >= 0.6 is 0 Å². The summed E-state index contributed by atoms with van der Waals surface area (Å²) in [7, 11) is 0. The van der Waals surface area contributed by atoms with Crippen molar-refractivity contribution < 1.29 is 42.0 Å². The van der Waals surface area contributed by atoms with E-state index >= 15 is 0 Å². The summed E-state index contributed by atoms with van der Waals surface area (Å²) >= 11 is 0. The number of aromatic nitrogens is 2. The van der Waals surface area contributed by atoms with E-state index in [-0.39, 0.29) is 38.8 Å². The van der Waals surface area contributed by atoms with E-state index in [1.807, 2.05) is 32.0 Å². The molecule has 5 heteroatoms. The van der Waals surface area contributed by atoms with Gasteiger partial charge in [0.05, 0.1) is 6.10 Å². The van der Waals surface area contributed by atoms with Crippen LogP contribution in [-0.2, 0) is 39.1 Å². The molecule has 1 radical (unpaired) electrons. The first kappa shape index (κ1) is 19.3. The Morgan fingerprint density at radius 2 is 2.08 bits per heavy atom. The van der Waals surface area contributed by atoms with Crippen LogP contribution < -0.4 is 4.74 Å². The molecule has 0 aliphatic heterocycles. The smallest absolute Gasteiger partial charge is 0.202 e. The predicted octanol–water partition coefficient (Wildman–Crippen LogP) is 5.04. The van der Waals surface area contributed by atoms with Gasteiger partial charge in [-0.2, -0.15) is 17.1 Å². The molecule has 1 heterocycles. The van der Waals surface area contributed by atoms with Crippen molar-refractivity contribution in [2.45, 2.75) is 45.6 Å². The molecule has 0 saturated carbocycles. The Morgan fingerprint density at radius 3 is 2.81 bits per heavy atom. The van der Waals surface area contributed by atoms with Crippen molar-refractivity contribution >= 4 is 0 Å². The SMILES string of the molecule is CC(C)Oc1[c-]cc(-c2nc(-c3cccc4c3CC[C@H]4C)no2)cc1.[Y]. The van der Waals surface area contributed by atoms with E-state index in [9.17, 15) is 0 Å². The monoisotopic (exact) mass is 422 g/mol. The van der Waals surface area contributed by atoms with Crippen molar-refractivity contribution in [3.05, 3.63) is 53.6 Å². The molecule has 26 heavy (non-hydrogen) atoms. The fraction of sp³-hybridized carbons (Fsp3) is 0.333. The van der Waals surface area contributed by atoms with Crippen molar-refractivity contribution in [2.75, 3.05) is 0 Å². The van der Waals surface area contributed by atoms with E-state index in [4.69, 9.17) is 9.26 Å². The van der Waals surface area contributed by atoms with Crippen molar-refractivity contribution in [1.29, 1.82) is 0 Å². The van der Waals surface area contributed by atoms with Gasteiger partial charge in [0.15, 0.2) is 0 Å². The summed E-state index contributed by atoms with van der Waals surface area (Å²) in [6.45, 7) is 6.25. The number of benzene rings is 2. The van der Waals surface area contributed by atoms with Crippen molar-refractivity contribution in [2.24, 2.45) is 0 Å². The molecule has 3 aromatic rings. The van der Waals surface area contributed by atoms with Gasteiger partial charge in [0.25, 0.3) is 0 Å². The Morgan fingerprint density at radius 1 is 1.23 bits per heavy atom. The predicted molar refractivity (Wildman–Crippen MR) is 96.5 cm³/mol. The molecule has 4 nitrogen and oxygen atoms in total. The molecule has 0 unspecified atom stereocenters. The van der Waals surface area contributed by atoms with Crippen LogP contribution in [0.5, 0.6) is 5.75 Å². The molecule has 0 bridgehead atoms. The zero-order chi connectivity index (χ0) is 17.4. The van der Waals surface area contributed by atoms with Crippen LogP contribution in [0.25, 0.3) is 22.8 Å². The second-order valence-corrected chi connectivity index (χ2v) is 6.84.